The summed E-state index contributed by atoms with van der Waals surface area (Å²) in [6, 6.07) is -0.275. The highest BCUT2D eigenvalue weighted by Crippen LogP contribution is 2.18. The Morgan fingerprint density at radius 3 is 1.63 bits per heavy atom. The SMILES string of the molecule is CCCCCCCCCCCCCCCCCCNC(=S)NC1CS(=O)(=O)CC1Cl. The van der Waals surface area contributed by atoms with Crippen molar-refractivity contribution < 1.29 is 8.42 Å². The molecular weight excluding hydrogens is 436 g/mol. The van der Waals surface area contributed by atoms with Crippen LogP contribution in [0.25, 0.3) is 0 Å². The van der Waals surface area contributed by atoms with Crippen molar-refractivity contribution in [1.29, 1.82) is 0 Å². The topological polar surface area (TPSA) is 58.2 Å². The van der Waals surface area contributed by atoms with Gasteiger partial charge < -0.3 is 10.6 Å². The van der Waals surface area contributed by atoms with Gasteiger partial charge in [-0.1, -0.05) is 103 Å². The molecule has 0 aliphatic carbocycles. The summed E-state index contributed by atoms with van der Waals surface area (Å²) in [7, 11) is -3.02. The zero-order chi connectivity index (χ0) is 22.1. The van der Waals surface area contributed by atoms with Crippen LogP contribution in [0, 0.1) is 0 Å². The lowest BCUT2D eigenvalue weighted by Gasteiger charge is -2.17. The lowest BCUT2D eigenvalue weighted by atomic mass is 10.0. The molecule has 0 saturated carbocycles. The summed E-state index contributed by atoms with van der Waals surface area (Å²) < 4.78 is 23.1. The quantitative estimate of drug-likeness (QED) is 0.141. The Kier molecular flexibility index (Phi) is 16.3. The minimum absolute atomic E-state index is 0.0357. The van der Waals surface area contributed by atoms with Gasteiger partial charge in [-0.05, 0) is 18.6 Å². The van der Waals surface area contributed by atoms with Crippen LogP contribution in [0.3, 0.4) is 0 Å². The molecule has 1 saturated heterocycles. The van der Waals surface area contributed by atoms with Crippen molar-refractivity contribution in [3.63, 3.8) is 0 Å². The van der Waals surface area contributed by atoms with Crippen molar-refractivity contribution in [2.45, 2.75) is 121 Å². The summed E-state index contributed by atoms with van der Waals surface area (Å²) in [5.74, 6) is 0.107. The molecule has 1 aliphatic heterocycles. The van der Waals surface area contributed by atoms with Crippen molar-refractivity contribution >= 4 is 38.8 Å². The number of alkyl halides is 1. The van der Waals surface area contributed by atoms with Crippen molar-refractivity contribution in [2.75, 3.05) is 18.1 Å². The number of hydrogen-bond donors (Lipinski definition) is 2. The molecule has 7 heteroatoms. The molecule has 178 valence electrons. The molecule has 0 aromatic carbocycles. The molecular formula is C23H45ClN2O2S2. The zero-order valence-electron chi connectivity index (χ0n) is 19.1. The predicted molar refractivity (Wildman–Crippen MR) is 135 cm³/mol. The molecule has 0 radical (unpaired) electrons. The molecule has 2 atom stereocenters. The maximum atomic E-state index is 11.6. The van der Waals surface area contributed by atoms with Crippen LogP contribution < -0.4 is 10.6 Å². The van der Waals surface area contributed by atoms with Crippen molar-refractivity contribution in [3.8, 4) is 0 Å². The van der Waals surface area contributed by atoms with Crippen LogP contribution >= 0.6 is 23.8 Å². The molecule has 0 aromatic heterocycles. The smallest absolute Gasteiger partial charge is 0.166 e. The van der Waals surface area contributed by atoms with Crippen LogP contribution in [-0.4, -0.2) is 43.0 Å². The molecule has 1 rings (SSSR count). The first-order valence-corrected chi connectivity index (χ1v) is 15.0. The number of thiocarbonyl (C=S) groups is 1. The predicted octanol–water partition coefficient (Wildman–Crippen LogP) is 6.12. The monoisotopic (exact) mass is 480 g/mol. The minimum Gasteiger partial charge on any atom is -0.363 e. The van der Waals surface area contributed by atoms with E-state index in [2.05, 4.69) is 17.6 Å². The van der Waals surface area contributed by atoms with Gasteiger partial charge in [0.05, 0.1) is 22.9 Å². The average molecular weight is 481 g/mol. The summed E-state index contributed by atoms with van der Waals surface area (Å²) in [5.41, 5.74) is 0. The Hall–Kier alpha value is -0.0700. The van der Waals surface area contributed by atoms with E-state index in [1.165, 1.54) is 96.3 Å². The fraction of sp³-hybridized carbons (Fsp3) is 0.957. The van der Waals surface area contributed by atoms with Crippen LogP contribution in [0.5, 0.6) is 0 Å². The molecule has 2 N–H and O–H groups in total. The molecule has 30 heavy (non-hydrogen) atoms. The molecule has 0 bridgehead atoms. The second kappa shape index (κ2) is 17.5. The van der Waals surface area contributed by atoms with E-state index in [0.717, 1.165) is 13.0 Å². The fourth-order valence-electron chi connectivity index (χ4n) is 4.03. The molecule has 1 aliphatic rings. The first-order valence-electron chi connectivity index (χ1n) is 12.3. The third kappa shape index (κ3) is 14.9. The van der Waals surface area contributed by atoms with Crippen LogP contribution in [0.2, 0.25) is 0 Å². The van der Waals surface area contributed by atoms with Gasteiger partial charge >= 0.3 is 0 Å². The summed E-state index contributed by atoms with van der Waals surface area (Å²) in [6.07, 6.45) is 21.8. The highest BCUT2D eigenvalue weighted by atomic mass is 35.5. The van der Waals surface area contributed by atoms with Crippen LogP contribution in [-0.2, 0) is 9.84 Å². The Labute approximate surface area is 196 Å². The Morgan fingerprint density at radius 1 is 0.800 bits per heavy atom. The molecule has 1 fully saturated rings. The van der Waals surface area contributed by atoms with Crippen molar-refractivity contribution in [2.24, 2.45) is 0 Å². The van der Waals surface area contributed by atoms with E-state index < -0.39 is 15.2 Å². The highest BCUT2D eigenvalue weighted by Gasteiger charge is 2.36. The highest BCUT2D eigenvalue weighted by molar-refractivity contribution is 7.91. The number of halogens is 1. The van der Waals surface area contributed by atoms with E-state index >= 15 is 0 Å². The van der Waals surface area contributed by atoms with Gasteiger partial charge in [0.1, 0.15) is 0 Å². The van der Waals surface area contributed by atoms with Gasteiger partial charge in [-0.15, -0.1) is 11.6 Å². The molecule has 0 spiro atoms. The van der Waals surface area contributed by atoms with E-state index in [1.807, 2.05) is 0 Å². The summed E-state index contributed by atoms with van der Waals surface area (Å²) in [4.78, 5) is 0. The van der Waals surface area contributed by atoms with Gasteiger partial charge in [0, 0.05) is 6.54 Å². The van der Waals surface area contributed by atoms with Crippen molar-refractivity contribution in [3.05, 3.63) is 0 Å². The molecule has 0 aromatic rings. The third-order valence-corrected chi connectivity index (χ3v) is 8.55. The number of rotatable bonds is 18. The van der Waals surface area contributed by atoms with Gasteiger partial charge in [-0.3, -0.25) is 0 Å². The van der Waals surface area contributed by atoms with Gasteiger partial charge in [-0.25, -0.2) is 8.42 Å². The second-order valence-electron chi connectivity index (χ2n) is 8.90. The van der Waals surface area contributed by atoms with Gasteiger partial charge in [0.2, 0.25) is 0 Å². The van der Waals surface area contributed by atoms with Crippen molar-refractivity contribution in [1.82, 2.24) is 10.6 Å². The van der Waals surface area contributed by atoms with E-state index in [-0.39, 0.29) is 17.5 Å². The van der Waals surface area contributed by atoms with Gasteiger partial charge in [0.15, 0.2) is 14.9 Å². The Balaban J connectivity index is 1.80. The second-order valence-corrected chi connectivity index (χ2v) is 12.0. The van der Waals surface area contributed by atoms with E-state index in [1.54, 1.807) is 0 Å². The Bertz CT molecular complexity index is 543. The molecule has 1 heterocycles. The maximum absolute atomic E-state index is 11.6. The van der Waals surface area contributed by atoms with Gasteiger partial charge in [-0.2, -0.15) is 0 Å². The maximum Gasteiger partial charge on any atom is 0.166 e. The molecule has 2 unspecified atom stereocenters. The average Bonchev–Trinajstić information content (AvgIpc) is 2.95. The fourth-order valence-corrected chi connectivity index (χ4v) is 6.83. The molecule has 0 amide bonds. The zero-order valence-corrected chi connectivity index (χ0v) is 21.5. The van der Waals surface area contributed by atoms with E-state index in [4.69, 9.17) is 23.8 Å². The normalized spacial score (nSPS) is 20.3. The summed E-state index contributed by atoms with van der Waals surface area (Å²) >= 11 is 11.3. The van der Waals surface area contributed by atoms with Crippen LogP contribution in [0.15, 0.2) is 0 Å². The lowest BCUT2D eigenvalue weighted by Crippen LogP contribution is -2.46. The number of hydrogen-bond acceptors (Lipinski definition) is 3. The van der Waals surface area contributed by atoms with Crippen LogP contribution in [0.4, 0.5) is 0 Å². The Morgan fingerprint density at radius 2 is 1.23 bits per heavy atom. The molecule has 4 nitrogen and oxygen atoms in total. The number of nitrogens with one attached hydrogen (secondary N) is 2. The lowest BCUT2D eigenvalue weighted by molar-refractivity contribution is 0.529. The van der Waals surface area contributed by atoms with E-state index in [9.17, 15) is 8.42 Å². The third-order valence-electron chi connectivity index (χ3n) is 5.92. The van der Waals surface area contributed by atoms with E-state index in [0.29, 0.717) is 5.11 Å². The summed E-state index contributed by atoms with van der Waals surface area (Å²) in [5, 5.41) is 6.34. The largest absolute Gasteiger partial charge is 0.363 e. The first-order chi connectivity index (χ1) is 14.4. The first kappa shape index (κ1) is 28.0. The number of unbranched alkanes of at least 4 members (excludes halogenated alkanes) is 15. The standard InChI is InChI=1S/C23H45ClN2O2S2/c1-2-3-4-5-6-7-8-9-10-11-12-13-14-15-16-17-18-25-23(29)26-22-20-30(27,28)19-21(22)24/h21-22H,2-20H2,1H3,(H2,25,26,29). The minimum atomic E-state index is -3.02. The number of sulfone groups is 1. The van der Waals surface area contributed by atoms with Crippen LogP contribution in [0.1, 0.15) is 110 Å². The summed E-state index contributed by atoms with van der Waals surface area (Å²) in [6.45, 7) is 3.11. The van der Waals surface area contributed by atoms with Gasteiger partial charge in [0.25, 0.3) is 0 Å².